The molecule has 2 unspecified atom stereocenters. The number of aliphatic carboxylic acids is 1. The second-order valence-corrected chi connectivity index (χ2v) is 6.86. The first-order valence-corrected chi connectivity index (χ1v) is 9.37. The van der Waals surface area contributed by atoms with Gasteiger partial charge in [-0.15, -0.1) is 0 Å². The molecular formula is C23H23N3O3. The van der Waals surface area contributed by atoms with Crippen molar-refractivity contribution in [2.45, 2.75) is 19.8 Å². The van der Waals surface area contributed by atoms with Crippen LogP contribution in [-0.4, -0.2) is 34.2 Å². The lowest BCUT2D eigenvalue weighted by Gasteiger charge is -2.30. The highest BCUT2D eigenvalue weighted by Crippen LogP contribution is 2.38. The van der Waals surface area contributed by atoms with Crippen molar-refractivity contribution in [2.24, 2.45) is 10.9 Å². The molecule has 0 radical (unpaired) electrons. The topological polar surface area (TPSA) is 91.7 Å². The number of carboxylic acids is 1. The van der Waals surface area contributed by atoms with Crippen molar-refractivity contribution in [3.8, 4) is 0 Å². The fraction of sp³-hybridized carbons (Fsp3) is 0.217. The predicted molar refractivity (Wildman–Crippen MR) is 112 cm³/mol. The van der Waals surface area contributed by atoms with Crippen LogP contribution in [0.4, 0.5) is 0 Å². The maximum absolute atomic E-state index is 13.0. The Kier molecular flexibility index (Phi) is 6.34. The van der Waals surface area contributed by atoms with E-state index in [0.29, 0.717) is 29.1 Å². The summed E-state index contributed by atoms with van der Waals surface area (Å²) < 4.78 is 0. The van der Waals surface area contributed by atoms with Crippen LogP contribution in [0, 0.1) is 5.92 Å². The molecule has 0 spiro atoms. The van der Waals surface area contributed by atoms with Crippen molar-refractivity contribution in [3.05, 3.63) is 83.3 Å². The minimum absolute atomic E-state index is 0.323. The van der Waals surface area contributed by atoms with E-state index in [4.69, 9.17) is 0 Å². The Morgan fingerprint density at radius 2 is 1.90 bits per heavy atom. The Bertz CT molecular complexity index is 979. The van der Waals surface area contributed by atoms with E-state index in [-0.39, 0.29) is 5.91 Å². The van der Waals surface area contributed by atoms with Crippen LogP contribution in [-0.2, 0) is 9.59 Å². The van der Waals surface area contributed by atoms with Crippen LogP contribution in [0.5, 0.6) is 0 Å². The molecular weight excluding hydrogens is 366 g/mol. The number of carboxylic acid groups (broad SMARTS) is 1. The molecule has 0 saturated heterocycles. The minimum Gasteiger partial charge on any atom is -0.481 e. The lowest BCUT2D eigenvalue weighted by atomic mass is 9.76. The summed E-state index contributed by atoms with van der Waals surface area (Å²) in [6, 6.07) is 13.3. The molecule has 0 bridgehead atoms. The molecule has 1 aromatic carbocycles. The zero-order valence-electron chi connectivity index (χ0n) is 16.4. The van der Waals surface area contributed by atoms with Gasteiger partial charge in [0.2, 0.25) is 5.91 Å². The van der Waals surface area contributed by atoms with Gasteiger partial charge in [0.05, 0.1) is 0 Å². The van der Waals surface area contributed by atoms with Crippen LogP contribution in [0.1, 0.15) is 30.9 Å². The van der Waals surface area contributed by atoms with Gasteiger partial charge in [0.1, 0.15) is 5.92 Å². The summed E-state index contributed by atoms with van der Waals surface area (Å²) in [7, 11) is 0. The number of aliphatic imine (C=N–C) groups is 1. The number of carbonyl (C=O) groups is 2. The highest BCUT2D eigenvalue weighted by Gasteiger charge is 2.40. The van der Waals surface area contributed by atoms with Crippen molar-refractivity contribution in [2.75, 3.05) is 6.54 Å². The number of hydrogen-bond donors (Lipinski definition) is 2. The highest BCUT2D eigenvalue weighted by molar-refractivity contribution is 6.07. The van der Waals surface area contributed by atoms with Gasteiger partial charge < -0.3 is 10.4 Å². The van der Waals surface area contributed by atoms with E-state index < -0.39 is 17.8 Å². The summed E-state index contributed by atoms with van der Waals surface area (Å²) in [5.74, 6) is -2.89. The number of hydrogen-bond acceptors (Lipinski definition) is 4. The van der Waals surface area contributed by atoms with Gasteiger partial charge in [-0.25, -0.2) is 0 Å². The van der Waals surface area contributed by atoms with E-state index >= 15 is 0 Å². The molecule has 148 valence electrons. The van der Waals surface area contributed by atoms with Gasteiger partial charge in [-0.3, -0.25) is 19.6 Å². The van der Waals surface area contributed by atoms with Gasteiger partial charge >= 0.3 is 5.97 Å². The molecule has 6 heteroatoms. The molecule has 3 rings (SSSR count). The van der Waals surface area contributed by atoms with Gasteiger partial charge in [-0.2, -0.15) is 0 Å². The second kappa shape index (κ2) is 9.10. The molecule has 1 aliphatic rings. The summed E-state index contributed by atoms with van der Waals surface area (Å²) in [5.41, 5.74) is 3.08. The first-order chi connectivity index (χ1) is 14.0. The fourth-order valence-electron chi connectivity index (χ4n) is 3.58. The van der Waals surface area contributed by atoms with Crippen molar-refractivity contribution in [1.29, 1.82) is 0 Å². The summed E-state index contributed by atoms with van der Waals surface area (Å²) in [6.45, 7) is 3.74. The zero-order chi connectivity index (χ0) is 20.8. The number of benzene rings is 1. The lowest BCUT2D eigenvalue weighted by Crippen LogP contribution is -2.38. The number of pyridine rings is 1. The summed E-state index contributed by atoms with van der Waals surface area (Å²) in [4.78, 5) is 33.4. The van der Waals surface area contributed by atoms with Crippen molar-refractivity contribution >= 4 is 23.7 Å². The Balaban J connectivity index is 1.85. The van der Waals surface area contributed by atoms with Gasteiger partial charge in [0, 0.05) is 41.8 Å². The molecule has 2 atom stereocenters. The molecule has 1 amide bonds. The van der Waals surface area contributed by atoms with Crippen LogP contribution in [0.15, 0.2) is 77.2 Å². The zero-order valence-corrected chi connectivity index (χ0v) is 16.4. The molecule has 1 aliphatic heterocycles. The monoisotopic (exact) mass is 389 g/mol. The number of rotatable bonds is 6. The van der Waals surface area contributed by atoms with Crippen LogP contribution in [0.3, 0.4) is 0 Å². The van der Waals surface area contributed by atoms with Crippen LogP contribution in [0.2, 0.25) is 0 Å². The van der Waals surface area contributed by atoms with Crippen molar-refractivity contribution < 1.29 is 14.7 Å². The van der Waals surface area contributed by atoms with E-state index in [0.717, 1.165) is 5.56 Å². The molecule has 1 aromatic heterocycles. The number of aromatic nitrogens is 1. The van der Waals surface area contributed by atoms with Crippen LogP contribution in [0.25, 0.3) is 6.08 Å². The normalized spacial score (nSPS) is 19.2. The molecule has 6 nitrogen and oxygen atoms in total. The number of nitrogens with one attached hydrogen (secondary N) is 1. The molecule has 0 saturated carbocycles. The summed E-state index contributed by atoms with van der Waals surface area (Å²) >= 11 is 0. The van der Waals surface area contributed by atoms with E-state index in [1.807, 2.05) is 42.5 Å². The molecule has 29 heavy (non-hydrogen) atoms. The largest absolute Gasteiger partial charge is 0.481 e. The average molecular weight is 389 g/mol. The number of carbonyl (C=O) groups excluding carboxylic acids is 1. The highest BCUT2D eigenvalue weighted by atomic mass is 16.4. The average Bonchev–Trinajstić information content (AvgIpc) is 2.71. The van der Waals surface area contributed by atoms with Gasteiger partial charge in [0.25, 0.3) is 0 Å². The van der Waals surface area contributed by atoms with E-state index in [1.54, 1.807) is 38.4 Å². The third kappa shape index (κ3) is 4.66. The summed E-state index contributed by atoms with van der Waals surface area (Å²) in [6.07, 6.45) is 7.00. The van der Waals surface area contributed by atoms with Crippen LogP contribution < -0.4 is 5.32 Å². The Morgan fingerprint density at radius 1 is 1.14 bits per heavy atom. The van der Waals surface area contributed by atoms with E-state index in [1.165, 1.54) is 0 Å². The Morgan fingerprint density at radius 3 is 2.55 bits per heavy atom. The molecule has 2 N–H and O–H groups in total. The molecule has 0 fully saturated rings. The first kappa shape index (κ1) is 20.2. The fourth-order valence-corrected chi connectivity index (χ4v) is 3.58. The lowest BCUT2D eigenvalue weighted by molar-refractivity contribution is -0.139. The van der Waals surface area contributed by atoms with E-state index in [2.05, 4.69) is 15.3 Å². The molecule has 2 heterocycles. The molecule has 2 aromatic rings. The Hall–Kier alpha value is -3.54. The van der Waals surface area contributed by atoms with Crippen molar-refractivity contribution in [1.82, 2.24) is 10.3 Å². The standard InChI is InChI=1S/C23H23N3O3/c1-15-19(22(27)25-13-6-10-17-8-4-3-5-9-17)21(18-11-7-12-24-14-18)20(23(28)29)16(2)26-15/h3-12,14,20-21H,13H2,1-2H3,(H,25,27)(H,28,29). The quantitative estimate of drug-likeness (QED) is 0.792. The van der Waals surface area contributed by atoms with Gasteiger partial charge in [-0.05, 0) is 31.0 Å². The third-order valence-electron chi connectivity index (χ3n) is 4.87. The maximum atomic E-state index is 13.0. The van der Waals surface area contributed by atoms with E-state index in [9.17, 15) is 14.7 Å². The number of nitrogens with zero attached hydrogens (tertiary/aromatic N) is 2. The minimum atomic E-state index is -1.01. The van der Waals surface area contributed by atoms with Crippen LogP contribution >= 0.6 is 0 Å². The predicted octanol–water partition coefficient (Wildman–Crippen LogP) is 3.44. The van der Waals surface area contributed by atoms with Crippen molar-refractivity contribution in [3.63, 3.8) is 0 Å². The van der Waals surface area contributed by atoms with Gasteiger partial charge in [0.15, 0.2) is 0 Å². The SMILES string of the molecule is CC1=NC(C)=C(C(=O)NCC=Cc2ccccc2)C(c2cccnc2)C1C(=O)O. The maximum Gasteiger partial charge on any atom is 0.313 e. The molecule has 0 aliphatic carbocycles. The first-order valence-electron chi connectivity index (χ1n) is 9.37. The van der Waals surface area contributed by atoms with Gasteiger partial charge in [-0.1, -0.05) is 48.6 Å². The number of allylic oxidation sites excluding steroid dienone is 1. The Labute approximate surface area is 169 Å². The second-order valence-electron chi connectivity index (χ2n) is 6.86. The smallest absolute Gasteiger partial charge is 0.313 e. The number of amides is 1. The summed E-state index contributed by atoms with van der Waals surface area (Å²) in [5, 5.41) is 12.7. The third-order valence-corrected chi connectivity index (χ3v) is 4.87.